The molecule has 1 aliphatic rings. The van der Waals surface area contributed by atoms with E-state index in [1.54, 1.807) is 22.7 Å². The average molecular weight is 320 g/mol. The van der Waals surface area contributed by atoms with Crippen molar-refractivity contribution in [2.24, 2.45) is 0 Å². The van der Waals surface area contributed by atoms with Gasteiger partial charge in [-0.25, -0.2) is 9.67 Å². The summed E-state index contributed by atoms with van der Waals surface area (Å²) < 4.78 is 1.61. The Kier molecular flexibility index (Phi) is 4.13. The number of hydrogen-bond donors (Lipinski definition) is 1. The van der Waals surface area contributed by atoms with Crippen LogP contribution >= 0.6 is 11.6 Å². The minimum atomic E-state index is -0.164. The molecule has 0 bridgehead atoms. The van der Waals surface area contributed by atoms with E-state index in [-0.39, 0.29) is 17.8 Å². The minimum Gasteiger partial charge on any atom is -0.335 e. The van der Waals surface area contributed by atoms with E-state index in [4.69, 9.17) is 11.6 Å². The van der Waals surface area contributed by atoms with Crippen LogP contribution in [0.4, 0.5) is 0 Å². The molecule has 0 radical (unpaired) electrons. The second-order valence-corrected chi connectivity index (χ2v) is 5.82. The van der Waals surface area contributed by atoms with Crippen LogP contribution in [0.25, 0.3) is 5.69 Å². The molecule has 1 aromatic heterocycles. The van der Waals surface area contributed by atoms with E-state index < -0.39 is 0 Å². The topological polar surface area (TPSA) is 63.1 Å². The molecule has 1 aromatic carbocycles. The predicted molar refractivity (Wildman–Crippen MR) is 84.5 cm³/mol. The first-order valence-electron chi connectivity index (χ1n) is 7.24. The number of likely N-dealkylation sites (N-methyl/N-ethyl adjacent to an activating group) is 1. The fourth-order valence-electron chi connectivity index (χ4n) is 2.63. The molecule has 2 aromatic rings. The summed E-state index contributed by atoms with van der Waals surface area (Å²) >= 11 is 6.19. The van der Waals surface area contributed by atoms with Crippen LogP contribution < -0.4 is 5.32 Å². The molecule has 1 atom stereocenters. The molecule has 1 N–H and O–H groups in total. The number of carbonyl (C=O) groups excluding carboxylic acids is 1. The number of halogens is 1. The van der Waals surface area contributed by atoms with Crippen molar-refractivity contribution >= 4 is 17.5 Å². The highest BCUT2D eigenvalue weighted by Gasteiger charge is 2.27. The first kappa shape index (κ1) is 15.0. The first-order chi connectivity index (χ1) is 10.6. The van der Waals surface area contributed by atoms with Gasteiger partial charge in [-0.3, -0.25) is 4.79 Å². The molecule has 1 amide bonds. The number of amides is 1. The molecule has 0 saturated carbocycles. The summed E-state index contributed by atoms with van der Waals surface area (Å²) in [7, 11) is 1.80. The van der Waals surface area contributed by atoms with Gasteiger partial charge in [0.2, 0.25) is 5.82 Å². The number of carbonyl (C=O) groups is 1. The third-order valence-corrected chi connectivity index (χ3v) is 4.26. The quantitative estimate of drug-likeness (QED) is 0.934. The van der Waals surface area contributed by atoms with Gasteiger partial charge in [-0.05, 0) is 32.0 Å². The largest absolute Gasteiger partial charge is 0.335 e. The zero-order valence-corrected chi connectivity index (χ0v) is 13.3. The van der Waals surface area contributed by atoms with Crippen molar-refractivity contribution in [2.45, 2.75) is 19.4 Å². The molecule has 22 heavy (non-hydrogen) atoms. The summed E-state index contributed by atoms with van der Waals surface area (Å²) in [6, 6.07) is 7.56. The standard InChI is InChI=1S/C15H18ClN5O/c1-10-18-14(15(22)20(2)11-7-8-17-9-11)19-21(10)13-6-4-3-5-12(13)16/h3-6,11,17H,7-9H2,1-2H3/t11-/m0/s1. The molecule has 1 aliphatic heterocycles. The average Bonchev–Trinajstić information content (AvgIpc) is 3.16. The van der Waals surface area contributed by atoms with E-state index in [1.165, 1.54) is 0 Å². The summed E-state index contributed by atoms with van der Waals surface area (Å²) in [5, 5.41) is 8.17. The van der Waals surface area contributed by atoms with E-state index in [1.807, 2.05) is 25.1 Å². The molecular weight excluding hydrogens is 302 g/mol. The number of nitrogens with zero attached hydrogens (tertiary/aromatic N) is 4. The molecule has 116 valence electrons. The number of benzene rings is 1. The van der Waals surface area contributed by atoms with E-state index >= 15 is 0 Å². The van der Waals surface area contributed by atoms with Gasteiger partial charge in [-0.15, -0.1) is 5.10 Å². The second kappa shape index (κ2) is 6.06. The highest BCUT2D eigenvalue weighted by molar-refractivity contribution is 6.32. The monoisotopic (exact) mass is 319 g/mol. The van der Waals surface area contributed by atoms with Crippen molar-refractivity contribution in [1.82, 2.24) is 25.0 Å². The fourth-order valence-corrected chi connectivity index (χ4v) is 2.84. The normalized spacial score (nSPS) is 17.7. The first-order valence-corrected chi connectivity index (χ1v) is 7.62. The Bertz CT molecular complexity index is 693. The fraction of sp³-hybridized carbons (Fsp3) is 0.400. The van der Waals surface area contributed by atoms with E-state index in [0.29, 0.717) is 10.8 Å². The molecule has 2 heterocycles. The Labute approximate surface area is 134 Å². The smallest absolute Gasteiger partial charge is 0.293 e. The molecule has 6 nitrogen and oxygen atoms in total. The molecule has 7 heteroatoms. The lowest BCUT2D eigenvalue weighted by atomic mass is 10.2. The van der Waals surface area contributed by atoms with Crippen LogP contribution in [0.1, 0.15) is 22.9 Å². The van der Waals surface area contributed by atoms with E-state index in [9.17, 15) is 4.79 Å². The zero-order valence-electron chi connectivity index (χ0n) is 12.6. The Morgan fingerprint density at radius 1 is 1.45 bits per heavy atom. The lowest BCUT2D eigenvalue weighted by molar-refractivity contribution is 0.0731. The number of aryl methyl sites for hydroxylation is 1. The number of aromatic nitrogens is 3. The van der Waals surface area contributed by atoms with Crippen molar-refractivity contribution < 1.29 is 4.79 Å². The lowest BCUT2D eigenvalue weighted by Gasteiger charge is -2.22. The maximum Gasteiger partial charge on any atom is 0.293 e. The van der Waals surface area contributed by atoms with E-state index in [2.05, 4.69) is 15.4 Å². The maximum atomic E-state index is 12.5. The van der Waals surface area contributed by atoms with Crippen LogP contribution in [0.5, 0.6) is 0 Å². The van der Waals surface area contributed by atoms with Gasteiger partial charge in [0.25, 0.3) is 5.91 Å². The third kappa shape index (κ3) is 2.71. The van der Waals surface area contributed by atoms with Crippen LogP contribution in [-0.4, -0.2) is 51.8 Å². The molecule has 1 saturated heterocycles. The van der Waals surface area contributed by atoms with Gasteiger partial charge in [-0.2, -0.15) is 0 Å². The lowest BCUT2D eigenvalue weighted by Crippen LogP contribution is -2.38. The molecule has 0 unspecified atom stereocenters. The van der Waals surface area contributed by atoms with Crippen molar-refractivity contribution in [3.63, 3.8) is 0 Å². The van der Waals surface area contributed by atoms with Crippen molar-refractivity contribution in [3.8, 4) is 5.69 Å². The van der Waals surface area contributed by atoms with Crippen molar-refractivity contribution in [2.75, 3.05) is 20.1 Å². The highest BCUT2D eigenvalue weighted by Crippen LogP contribution is 2.20. The summed E-state index contributed by atoms with van der Waals surface area (Å²) in [4.78, 5) is 18.6. The van der Waals surface area contributed by atoms with Gasteiger partial charge in [-0.1, -0.05) is 23.7 Å². The van der Waals surface area contributed by atoms with E-state index in [0.717, 1.165) is 25.2 Å². The van der Waals surface area contributed by atoms with Crippen LogP contribution in [-0.2, 0) is 0 Å². The molecule has 1 fully saturated rings. The highest BCUT2D eigenvalue weighted by atomic mass is 35.5. The Morgan fingerprint density at radius 3 is 2.91 bits per heavy atom. The van der Waals surface area contributed by atoms with Gasteiger partial charge >= 0.3 is 0 Å². The SMILES string of the molecule is Cc1nc(C(=O)N(C)[C@H]2CCNC2)nn1-c1ccccc1Cl. The van der Waals surface area contributed by atoms with Gasteiger partial charge in [0.05, 0.1) is 10.7 Å². The number of rotatable bonds is 3. The Morgan fingerprint density at radius 2 is 2.23 bits per heavy atom. The second-order valence-electron chi connectivity index (χ2n) is 5.41. The van der Waals surface area contributed by atoms with Gasteiger partial charge in [0.15, 0.2) is 0 Å². The van der Waals surface area contributed by atoms with Crippen LogP contribution in [0.15, 0.2) is 24.3 Å². The molecule has 3 rings (SSSR count). The minimum absolute atomic E-state index is 0.164. The van der Waals surface area contributed by atoms with Crippen LogP contribution in [0.2, 0.25) is 5.02 Å². The number of para-hydroxylation sites is 1. The molecular formula is C15H18ClN5O. The zero-order chi connectivity index (χ0) is 15.7. The molecule has 0 spiro atoms. The third-order valence-electron chi connectivity index (χ3n) is 3.94. The van der Waals surface area contributed by atoms with Gasteiger partial charge < -0.3 is 10.2 Å². The van der Waals surface area contributed by atoms with Gasteiger partial charge in [0, 0.05) is 19.6 Å². The summed E-state index contributed by atoms with van der Waals surface area (Å²) in [6.07, 6.45) is 0.951. The predicted octanol–water partition coefficient (Wildman–Crippen LogP) is 1.66. The maximum absolute atomic E-state index is 12.5. The number of nitrogens with one attached hydrogen (secondary N) is 1. The summed E-state index contributed by atoms with van der Waals surface area (Å²) in [6.45, 7) is 3.56. The van der Waals surface area contributed by atoms with Crippen LogP contribution in [0, 0.1) is 6.92 Å². The summed E-state index contributed by atoms with van der Waals surface area (Å²) in [5.41, 5.74) is 0.721. The van der Waals surface area contributed by atoms with Gasteiger partial charge in [0.1, 0.15) is 5.82 Å². The van der Waals surface area contributed by atoms with Crippen molar-refractivity contribution in [3.05, 3.63) is 40.9 Å². The molecule has 0 aliphatic carbocycles. The Hall–Kier alpha value is -1.92. The summed E-state index contributed by atoms with van der Waals surface area (Å²) in [5.74, 6) is 0.670. The Balaban J connectivity index is 1.89. The van der Waals surface area contributed by atoms with Crippen molar-refractivity contribution in [1.29, 1.82) is 0 Å². The number of hydrogen-bond acceptors (Lipinski definition) is 4. The van der Waals surface area contributed by atoms with Crippen LogP contribution in [0.3, 0.4) is 0 Å².